The van der Waals surface area contributed by atoms with Gasteiger partial charge in [-0.1, -0.05) is 98.8 Å². The van der Waals surface area contributed by atoms with Crippen molar-refractivity contribution in [1.82, 2.24) is 0 Å². The van der Waals surface area contributed by atoms with Crippen LogP contribution in [0.4, 0.5) is 11.4 Å². The third-order valence-electron chi connectivity index (χ3n) is 9.09. The quantitative estimate of drug-likeness (QED) is 0.126. The Labute approximate surface area is 268 Å². The summed E-state index contributed by atoms with van der Waals surface area (Å²) in [6.45, 7) is 15.8. The van der Waals surface area contributed by atoms with E-state index in [1.165, 1.54) is 55.5 Å². The van der Waals surface area contributed by atoms with Crippen LogP contribution in [0.3, 0.4) is 0 Å². The number of rotatable bonds is 6. The first-order valence-electron chi connectivity index (χ1n) is 15.0. The molecule has 0 bridgehead atoms. The smallest absolute Gasteiger partial charge is 0.210 e. The molecule has 42 heavy (non-hydrogen) atoms. The summed E-state index contributed by atoms with van der Waals surface area (Å²) in [6.07, 6.45) is 15.4. The molecule has 4 aromatic rings. The van der Waals surface area contributed by atoms with Crippen molar-refractivity contribution in [2.45, 2.75) is 52.4 Å². The molecule has 0 fully saturated rings. The highest BCUT2D eigenvalue weighted by molar-refractivity contribution is 6.07. The second-order valence-corrected chi connectivity index (χ2v) is 12.2. The zero-order chi connectivity index (χ0) is 28.8. The number of halogens is 1. The first-order valence-corrected chi connectivity index (χ1v) is 15.0. The molecule has 0 spiro atoms. The van der Waals surface area contributed by atoms with Crippen molar-refractivity contribution < 1.29 is 28.6 Å². The summed E-state index contributed by atoms with van der Waals surface area (Å²) >= 11 is 0. The van der Waals surface area contributed by atoms with E-state index in [0.717, 1.165) is 13.1 Å². The van der Waals surface area contributed by atoms with E-state index in [9.17, 15) is 0 Å². The number of hydrogen-bond acceptors (Lipinski definition) is 1. The maximum atomic E-state index is 2.47. The minimum absolute atomic E-state index is 0. The summed E-state index contributed by atoms with van der Waals surface area (Å²) in [5.74, 6) is 0. The van der Waals surface area contributed by atoms with Crippen molar-refractivity contribution in [1.29, 1.82) is 0 Å². The van der Waals surface area contributed by atoms with Gasteiger partial charge in [-0.05, 0) is 73.0 Å². The zero-order valence-corrected chi connectivity index (χ0v) is 27.8. The van der Waals surface area contributed by atoms with Crippen LogP contribution in [0, 0.1) is 0 Å². The topological polar surface area (TPSA) is 6.25 Å². The van der Waals surface area contributed by atoms with Crippen LogP contribution in [-0.4, -0.2) is 23.4 Å². The molecule has 214 valence electrons. The Hall–Kier alpha value is -3.44. The van der Waals surface area contributed by atoms with Crippen LogP contribution in [0.1, 0.15) is 52.7 Å². The highest BCUT2D eigenvalue weighted by atomic mass is 127. The van der Waals surface area contributed by atoms with E-state index in [4.69, 9.17) is 0 Å². The molecule has 0 aliphatic carbocycles. The van der Waals surface area contributed by atoms with E-state index < -0.39 is 0 Å². The average molecular weight is 665 g/mol. The fourth-order valence-corrected chi connectivity index (χ4v) is 7.24. The summed E-state index contributed by atoms with van der Waals surface area (Å²) < 4.78 is 2.47. The van der Waals surface area contributed by atoms with Crippen molar-refractivity contribution in [3.63, 3.8) is 0 Å². The maximum Gasteiger partial charge on any atom is 0.210 e. The van der Waals surface area contributed by atoms with E-state index in [1.807, 2.05) is 0 Å². The second-order valence-electron chi connectivity index (χ2n) is 12.2. The Morgan fingerprint density at radius 3 is 1.93 bits per heavy atom. The van der Waals surface area contributed by atoms with Gasteiger partial charge in [0.05, 0.1) is 5.41 Å². The van der Waals surface area contributed by atoms with Gasteiger partial charge in [-0.2, -0.15) is 4.58 Å². The first kappa shape index (κ1) is 30.0. The van der Waals surface area contributed by atoms with Crippen LogP contribution in [0.15, 0.2) is 121 Å². The van der Waals surface area contributed by atoms with Gasteiger partial charge in [0, 0.05) is 41.1 Å². The zero-order valence-electron chi connectivity index (χ0n) is 25.7. The van der Waals surface area contributed by atoms with Crippen LogP contribution < -0.4 is 28.9 Å². The molecule has 0 radical (unpaired) electrons. The Morgan fingerprint density at radius 1 is 0.667 bits per heavy atom. The molecular formula is C39H41IN2. The number of allylic oxidation sites excluding steroid dienone is 8. The average Bonchev–Trinajstić information content (AvgIpc) is 3.34. The largest absolute Gasteiger partial charge is 1.00 e. The van der Waals surface area contributed by atoms with Gasteiger partial charge in [0.2, 0.25) is 5.69 Å². The van der Waals surface area contributed by atoms with Crippen molar-refractivity contribution in [3.8, 4) is 0 Å². The number of anilines is 1. The molecule has 2 aliphatic heterocycles. The van der Waals surface area contributed by atoms with Crippen LogP contribution in [0.5, 0.6) is 0 Å². The Balaban J connectivity index is 0.00000353. The Bertz CT molecular complexity index is 1810. The standard InChI is InChI=1S/C39H41N2.HI/c1-7-40-32-26-24-28-18-14-16-20-30(28)36(32)38(3,4)34(40)22-12-10-9-11-13-23-35-39(5,6)37-31-21-17-15-19-29(31)25-27-33(37)41(35)8-2;/h9-27H,7-8H2,1-6H3;1H/q+1;/p-1. The molecule has 3 heteroatoms. The van der Waals surface area contributed by atoms with Gasteiger partial charge in [-0.25, -0.2) is 0 Å². The van der Waals surface area contributed by atoms with E-state index in [0.29, 0.717) is 0 Å². The number of hydrogen-bond donors (Lipinski definition) is 0. The molecule has 2 nitrogen and oxygen atoms in total. The van der Waals surface area contributed by atoms with Gasteiger partial charge in [0.15, 0.2) is 5.71 Å². The highest BCUT2D eigenvalue weighted by Gasteiger charge is 2.45. The fraction of sp³-hybridized carbons (Fsp3) is 0.256. The summed E-state index contributed by atoms with van der Waals surface area (Å²) in [6, 6.07) is 26.6. The third-order valence-corrected chi connectivity index (χ3v) is 9.09. The van der Waals surface area contributed by atoms with Gasteiger partial charge in [0.1, 0.15) is 6.54 Å². The molecule has 2 heterocycles. The first-order chi connectivity index (χ1) is 19.8. The van der Waals surface area contributed by atoms with E-state index >= 15 is 0 Å². The lowest BCUT2D eigenvalue weighted by atomic mass is 9.79. The normalized spacial score (nSPS) is 18.2. The third kappa shape index (κ3) is 4.76. The molecule has 0 N–H and O–H groups in total. The van der Waals surface area contributed by atoms with Gasteiger partial charge in [-0.3, -0.25) is 0 Å². The molecule has 2 aliphatic rings. The van der Waals surface area contributed by atoms with E-state index in [-0.39, 0.29) is 34.8 Å². The molecule has 0 saturated heterocycles. The predicted molar refractivity (Wildman–Crippen MR) is 178 cm³/mol. The van der Waals surface area contributed by atoms with Crippen molar-refractivity contribution in [3.05, 3.63) is 132 Å². The molecule has 0 amide bonds. The molecule has 6 rings (SSSR count). The molecule has 0 aromatic heterocycles. The summed E-state index contributed by atoms with van der Waals surface area (Å²) in [4.78, 5) is 2.47. The van der Waals surface area contributed by atoms with Crippen molar-refractivity contribution in [2.24, 2.45) is 0 Å². The lowest BCUT2D eigenvalue weighted by Crippen LogP contribution is -3.00. The summed E-state index contributed by atoms with van der Waals surface area (Å²) in [5.41, 5.74) is 8.10. The van der Waals surface area contributed by atoms with Crippen LogP contribution >= 0.6 is 0 Å². The fourth-order valence-electron chi connectivity index (χ4n) is 7.24. The molecule has 4 aromatic carbocycles. The van der Waals surface area contributed by atoms with Crippen LogP contribution in [-0.2, 0) is 10.8 Å². The minimum atomic E-state index is -0.0619. The number of fused-ring (bicyclic) bond motifs is 6. The van der Waals surface area contributed by atoms with Crippen LogP contribution in [0.2, 0.25) is 0 Å². The summed E-state index contributed by atoms with van der Waals surface area (Å²) in [5, 5.41) is 5.33. The SMILES string of the molecule is CCN1C(=C/C=C/C=C/C=C/C2=[N+](CC)c3ccc4ccccc4c3C2(C)C)C(C)(C)c2c1ccc1ccccc21.[I-]. The van der Waals surface area contributed by atoms with Gasteiger partial charge in [0.25, 0.3) is 0 Å². The second kappa shape index (κ2) is 11.7. The minimum Gasteiger partial charge on any atom is -1.00 e. The Kier molecular flexibility index (Phi) is 8.35. The van der Waals surface area contributed by atoms with Gasteiger partial charge in [-0.15, -0.1) is 0 Å². The van der Waals surface area contributed by atoms with Crippen LogP contribution in [0.25, 0.3) is 21.5 Å². The number of nitrogens with zero attached hydrogens (tertiary/aromatic N) is 2. The molecule has 0 atom stereocenters. The lowest BCUT2D eigenvalue weighted by molar-refractivity contribution is -0.433. The number of benzene rings is 4. The summed E-state index contributed by atoms with van der Waals surface area (Å²) in [7, 11) is 0. The molecule has 0 saturated carbocycles. The van der Waals surface area contributed by atoms with Crippen molar-refractivity contribution >= 4 is 38.6 Å². The molecular weight excluding hydrogens is 623 g/mol. The molecule has 0 unspecified atom stereocenters. The maximum absolute atomic E-state index is 2.47. The monoisotopic (exact) mass is 664 g/mol. The number of likely N-dealkylation sites (N-methyl/N-ethyl adjacent to an activating group) is 1. The lowest BCUT2D eigenvalue weighted by Gasteiger charge is -2.26. The Morgan fingerprint density at radius 2 is 1.26 bits per heavy atom. The highest BCUT2D eigenvalue weighted by Crippen LogP contribution is 2.50. The predicted octanol–water partition coefficient (Wildman–Crippen LogP) is 6.76. The van der Waals surface area contributed by atoms with Gasteiger partial charge >= 0.3 is 0 Å². The van der Waals surface area contributed by atoms with E-state index in [2.05, 4.69) is 166 Å². The van der Waals surface area contributed by atoms with E-state index in [1.54, 1.807) is 0 Å². The van der Waals surface area contributed by atoms with Crippen molar-refractivity contribution in [2.75, 3.05) is 18.0 Å². The van der Waals surface area contributed by atoms with Gasteiger partial charge < -0.3 is 28.9 Å².